The van der Waals surface area contributed by atoms with Gasteiger partial charge in [0.05, 0.1) is 0 Å². The molecule has 1 fully saturated rings. The number of hydrogen-bond acceptors (Lipinski definition) is 4. The highest BCUT2D eigenvalue weighted by molar-refractivity contribution is 5.99. The second-order valence-electron chi connectivity index (χ2n) is 11.8. The van der Waals surface area contributed by atoms with Crippen LogP contribution in [-0.4, -0.2) is 40.5 Å². The molecule has 7 heteroatoms. The minimum atomic E-state index is -0.854. The summed E-state index contributed by atoms with van der Waals surface area (Å²) < 4.78 is 5.47. The maximum Gasteiger partial charge on any atom is 0.408 e. The van der Waals surface area contributed by atoms with E-state index >= 15 is 0 Å². The molecule has 3 rings (SSSR count). The molecule has 7 nitrogen and oxygen atoms in total. The molecule has 38 heavy (non-hydrogen) atoms. The van der Waals surface area contributed by atoms with E-state index in [1.807, 2.05) is 71.0 Å². The molecule has 206 valence electrons. The van der Waals surface area contributed by atoms with E-state index < -0.39 is 23.8 Å². The number of nitrogens with one attached hydrogen (secondary N) is 2. The van der Waals surface area contributed by atoms with E-state index in [1.165, 1.54) is 0 Å². The highest BCUT2D eigenvalue weighted by Crippen LogP contribution is 2.35. The van der Waals surface area contributed by atoms with E-state index in [9.17, 15) is 14.4 Å². The van der Waals surface area contributed by atoms with Crippen molar-refractivity contribution in [2.45, 2.75) is 98.4 Å². The minimum absolute atomic E-state index is 0.0994. The first kappa shape index (κ1) is 29.2. The quantitative estimate of drug-likeness (QED) is 0.432. The van der Waals surface area contributed by atoms with Gasteiger partial charge in [0.2, 0.25) is 5.91 Å². The number of ether oxygens (including phenoxy) is 1. The molecule has 0 bridgehead atoms. The molecular weight excluding hydrogens is 478 g/mol. The van der Waals surface area contributed by atoms with Crippen molar-refractivity contribution in [1.29, 1.82) is 0 Å². The monoisotopic (exact) mass is 521 g/mol. The van der Waals surface area contributed by atoms with Crippen molar-refractivity contribution in [3.05, 3.63) is 64.7 Å². The summed E-state index contributed by atoms with van der Waals surface area (Å²) in [7, 11) is 0. The SMILES string of the molecule is Cc1cc(C)cc(C(C(=O)Nc2ccccc2C)N(C(=O)C(NC(=O)OC(C)(C)C)C(C)C)C2CCC2)c1. The Bertz CT molecular complexity index is 1140. The third-order valence-corrected chi connectivity index (χ3v) is 6.82. The Morgan fingerprint density at radius 3 is 2.08 bits per heavy atom. The molecule has 0 aromatic heterocycles. The average molecular weight is 522 g/mol. The van der Waals surface area contributed by atoms with Gasteiger partial charge in [0.25, 0.3) is 5.91 Å². The molecule has 0 spiro atoms. The molecule has 3 amide bonds. The molecule has 0 aliphatic heterocycles. The summed E-state index contributed by atoms with van der Waals surface area (Å²) in [6.45, 7) is 15.0. The van der Waals surface area contributed by atoms with Gasteiger partial charge in [0.1, 0.15) is 17.7 Å². The predicted molar refractivity (Wildman–Crippen MR) is 151 cm³/mol. The van der Waals surface area contributed by atoms with Gasteiger partial charge in [-0.1, -0.05) is 61.4 Å². The number of rotatable bonds is 8. The van der Waals surface area contributed by atoms with Crippen LogP contribution in [-0.2, 0) is 14.3 Å². The number of aryl methyl sites for hydroxylation is 3. The minimum Gasteiger partial charge on any atom is -0.444 e. The number of alkyl carbamates (subject to hydrolysis) is 1. The van der Waals surface area contributed by atoms with E-state index in [1.54, 1.807) is 25.7 Å². The number of carbonyl (C=O) groups excluding carboxylic acids is 3. The van der Waals surface area contributed by atoms with Gasteiger partial charge in [-0.2, -0.15) is 0 Å². The Hall–Kier alpha value is -3.35. The van der Waals surface area contributed by atoms with Crippen molar-refractivity contribution in [3.63, 3.8) is 0 Å². The molecule has 1 aliphatic rings. The van der Waals surface area contributed by atoms with E-state index in [0.717, 1.165) is 41.5 Å². The Labute approximate surface area is 227 Å². The van der Waals surface area contributed by atoms with Crippen LogP contribution >= 0.6 is 0 Å². The van der Waals surface area contributed by atoms with Gasteiger partial charge in [-0.15, -0.1) is 0 Å². The fraction of sp³-hybridized carbons (Fsp3) is 0.516. The molecule has 2 aromatic rings. The predicted octanol–water partition coefficient (Wildman–Crippen LogP) is 6.22. The van der Waals surface area contributed by atoms with Crippen molar-refractivity contribution in [2.75, 3.05) is 5.32 Å². The lowest BCUT2D eigenvalue weighted by Crippen LogP contribution is -2.58. The smallest absolute Gasteiger partial charge is 0.408 e. The number of para-hydroxylation sites is 1. The number of amides is 3. The number of benzene rings is 2. The van der Waals surface area contributed by atoms with Crippen LogP contribution in [0.3, 0.4) is 0 Å². The zero-order valence-corrected chi connectivity index (χ0v) is 24.1. The van der Waals surface area contributed by atoms with Crippen LogP contribution in [0.5, 0.6) is 0 Å². The van der Waals surface area contributed by atoms with Crippen molar-refractivity contribution < 1.29 is 19.1 Å². The number of nitrogens with zero attached hydrogens (tertiary/aromatic N) is 1. The average Bonchev–Trinajstić information content (AvgIpc) is 2.75. The Morgan fingerprint density at radius 1 is 0.974 bits per heavy atom. The second kappa shape index (κ2) is 12.0. The van der Waals surface area contributed by atoms with E-state index in [2.05, 4.69) is 16.7 Å². The molecule has 0 radical (unpaired) electrons. The molecule has 1 saturated carbocycles. The standard InChI is InChI=1S/C31H43N3O4/c1-19(2)26(33-30(37)38-31(6,7)8)29(36)34(24-13-11-14-24)27(23-17-20(3)16-21(4)18-23)28(35)32-25-15-10-9-12-22(25)5/h9-10,12,15-19,24,26-27H,11,13-14H2,1-8H3,(H,32,35)(H,33,37). The Morgan fingerprint density at radius 2 is 1.58 bits per heavy atom. The summed E-state index contributed by atoms with van der Waals surface area (Å²) >= 11 is 0. The maximum atomic E-state index is 14.3. The second-order valence-corrected chi connectivity index (χ2v) is 11.8. The fourth-order valence-electron chi connectivity index (χ4n) is 4.81. The van der Waals surface area contributed by atoms with Gasteiger partial charge in [-0.25, -0.2) is 4.79 Å². The third kappa shape index (κ3) is 7.36. The van der Waals surface area contributed by atoms with Crippen LogP contribution < -0.4 is 10.6 Å². The summed E-state index contributed by atoms with van der Waals surface area (Å²) in [5.41, 5.74) is 3.74. The van der Waals surface area contributed by atoms with Gasteiger partial charge >= 0.3 is 6.09 Å². The molecule has 1 aliphatic carbocycles. The lowest BCUT2D eigenvalue weighted by molar-refractivity contribution is -0.146. The largest absolute Gasteiger partial charge is 0.444 e. The van der Waals surface area contributed by atoms with Crippen LogP contribution in [0.15, 0.2) is 42.5 Å². The van der Waals surface area contributed by atoms with Gasteiger partial charge in [-0.3, -0.25) is 9.59 Å². The molecule has 2 N–H and O–H groups in total. The first-order valence-electron chi connectivity index (χ1n) is 13.5. The molecular formula is C31H43N3O4. The van der Waals surface area contributed by atoms with Gasteiger partial charge in [0, 0.05) is 11.7 Å². The zero-order valence-electron chi connectivity index (χ0n) is 24.1. The first-order chi connectivity index (χ1) is 17.8. The summed E-state index contributed by atoms with van der Waals surface area (Å²) in [6.07, 6.45) is 1.95. The number of hydrogen-bond donors (Lipinski definition) is 2. The molecule has 2 aromatic carbocycles. The van der Waals surface area contributed by atoms with Crippen molar-refractivity contribution >= 4 is 23.6 Å². The van der Waals surface area contributed by atoms with E-state index in [-0.39, 0.29) is 23.8 Å². The van der Waals surface area contributed by atoms with Crippen molar-refractivity contribution in [1.82, 2.24) is 10.2 Å². The Balaban J connectivity index is 2.06. The van der Waals surface area contributed by atoms with Crippen LogP contribution in [0.4, 0.5) is 10.5 Å². The summed E-state index contributed by atoms with van der Waals surface area (Å²) in [5, 5.41) is 5.88. The van der Waals surface area contributed by atoms with Gasteiger partial charge < -0.3 is 20.3 Å². The third-order valence-electron chi connectivity index (χ3n) is 6.82. The summed E-state index contributed by atoms with van der Waals surface area (Å²) in [5.74, 6) is -0.763. The lowest BCUT2D eigenvalue weighted by Gasteiger charge is -2.44. The number of anilines is 1. The van der Waals surface area contributed by atoms with Crippen molar-refractivity contribution in [2.24, 2.45) is 5.92 Å². The van der Waals surface area contributed by atoms with Crippen LogP contribution in [0, 0.1) is 26.7 Å². The highest BCUT2D eigenvalue weighted by atomic mass is 16.6. The topological polar surface area (TPSA) is 87.7 Å². The van der Waals surface area contributed by atoms with Crippen LogP contribution in [0.25, 0.3) is 0 Å². The summed E-state index contributed by atoms with van der Waals surface area (Å²) in [6, 6.07) is 11.8. The van der Waals surface area contributed by atoms with Gasteiger partial charge in [0.15, 0.2) is 0 Å². The molecule has 2 atom stereocenters. The number of carbonyl (C=O) groups is 3. The van der Waals surface area contributed by atoms with Crippen molar-refractivity contribution in [3.8, 4) is 0 Å². The lowest BCUT2D eigenvalue weighted by atomic mass is 9.86. The first-order valence-corrected chi connectivity index (χ1v) is 13.5. The Kier molecular flexibility index (Phi) is 9.23. The van der Waals surface area contributed by atoms with Gasteiger partial charge in [-0.05, 0) is 83.9 Å². The maximum absolute atomic E-state index is 14.3. The normalized spacial score (nSPS) is 15.3. The fourth-order valence-corrected chi connectivity index (χ4v) is 4.81. The van der Waals surface area contributed by atoms with E-state index in [4.69, 9.17) is 4.74 Å². The van der Waals surface area contributed by atoms with Crippen LogP contribution in [0.2, 0.25) is 0 Å². The molecule has 2 unspecified atom stereocenters. The summed E-state index contributed by atoms with van der Waals surface area (Å²) in [4.78, 5) is 42.8. The molecule has 0 heterocycles. The van der Waals surface area contributed by atoms with E-state index in [0.29, 0.717) is 5.69 Å². The zero-order chi connectivity index (χ0) is 28.2. The van der Waals surface area contributed by atoms with Crippen LogP contribution in [0.1, 0.15) is 82.2 Å². The highest BCUT2D eigenvalue weighted by Gasteiger charge is 2.43. The molecule has 0 saturated heterocycles.